The Hall–Kier alpha value is -1.26. The normalized spacial score (nSPS) is 15.6. The van der Waals surface area contributed by atoms with Gasteiger partial charge in [-0.25, -0.2) is 4.98 Å². The number of imidazole rings is 1. The van der Waals surface area contributed by atoms with E-state index in [9.17, 15) is 4.79 Å². The summed E-state index contributed by atoms with van der Waals surface area (Å²) in [6.45, 7) is 1.94. The quantitative estimate of drug-likeness (QED) is 0.811. The largest absolute Gasteiger partial charge is 0.341 e. The van der Waals surface area contributed by atoms with Crippen LogP contribution >= 0.6 is 23.2 Å². The molecule has 4 nitrogen and oxygen atoms in total. The lowest BCUT2D eigenvalue weighted by molar-refractivity contribution is -0.132. The minimum Gasteiger partial charge on any atom is -0.341 e. The first kappa shape index (κ1) is 14.7. The predicted molar refractivity (Wildman–Crippen MR) is 84.7 cm³/mol. The zero-order chi connectivity index (χ0) is 14.8. The van der Waals surface area contributed by atoms with E-state index in [2.05, 4.69) is 4.98 Å². The standard InChI is InChI=1S/C15H17Cl2N3O/c16-9-13-18-12-6-4-5-11(17)15(12)20(13)10-14(21)19-7-2-1-3-8-19/h4-6H,1-3,7-10H2. The van der Waals surface area contributed by atoms with Crippen LogP contribution in [0.2, 0.25) is 5.02 Å². The van der Waals surface area contributed by atoms with Crippen LogP contribution in [0.15, 0.2) is 18.2 Å². The van der Waals surface area contributed by atoms with Crippen LogP contribution < -0.4 is 0 Å². The Kier molecular flexibility index (Phi) is 4.36. The molecular formula is C15H17Cl2N3O. The number of rotatable bonds is 3. The van der Waals surface area contributed by atoms with E-state index in [0.717, 1.165) is 37.0 Å². The van der Waals surface area contributed by atoms with Crippen LogP contribution in [0.1, 0.15) is 25.1 Å². The molecule has 0 radical (unpaired) electrons. The molecule has 1 aromatic heterocycles. The molecule has 0 saturated carbocycles. The summed E-state index contributed by atoms with van der Waals surface area (Å²) in [5, 5.41) is 0.600. The van der Waals surface area contributed by atoms with Crippen LogP contribution in [-0.4, -0.2) is 33.4 Å². The van der Waals surface area contributed by atoms with E-state index in [0.29, 0.717) is 10.8 Å². The summed E-state index contributed by atoms with van der Waals surface area (Å²) in [5.74, 6) is 1.06. The van der Waals surface area contributed by atoms with Crippen LogP contribution in [-0.2, 0) is 17.2 Å². The second-order valence-electron chi connectivity index (χ2n) is 5.30. The summed E-state index contributed by atoms with van der Waals surface area (Å²) in [6.07, 6.45) is 3.37. The number of nitrogens with zero attached hydrogens (tertiary/aromatic N) is 3. The number of piperidine rings is 1. The first-order valence-electron chi connectivity index (χ1n) is 7.18. The van der Waals surface area contributed by atoms with Gasteiger partial charge in [-0.3, -0.25) is 4.79 Å². The lowest BCUT2D eigenvalue weighted by Gasteiger charge is -2.27. The fourth-order valence-electron chi connectivity index (χ4n) is 2.84. The van der Waals surface area contributed by atoms with Crippen molar-refractivity contribution in [2.75, 3.05) is 13.1 Å². The average molecular weight is 326 g/mol. The van der Waals surface area contributed by atoms with E-state index >= 15 is 0 Å². The van der Waals surface area contributed by atoms with Gasteiger partial charge in [-0.2, -0.15) is 0 Å². The van der Waals surface area contributed by atoms with Gasteiger partial charge in [0, 0.05) is 13.1 Å². The number of aromatic nitrogens is 2. The van der Waals surface area contributed by atoms with Gasteiger partial charge in [-0.15, -0.1) is 11.6 Å². The van der Waals surface area contributed by atoms with E-state index < -0.39 is 0 Å². The Labute approximate surface area is 133 Å². The van der Waals surface area contributed by atoms with Crippen molar-refractivity contribution in [3.8, 4) is 0 Å². The van der Waals surface area contributed by atoms with Crippen molar-refractivity contribution in [3.63, 3.8) is 0 Å². The highest BCUT2D eigenvalue weighted by atomic mass is 35.5. The SMILES string of the molecule is O=C(Cn1c(CCl)nc2cccc(Cl)c21)N1CCCCC1. The van der Waals surface area contributed by atoms with Gasteiger partial charge < -0.3 is 9.47 Å². The molecule has 1 aromatic carbocycles. The molecule has 6 heteroatoms. The molecule has 0 atom stereocenters. The van der Waals surface area contributed by atoms with Crippen LogP contribution in [0.5, 0.6) is 0 Å². The molecule has 0 unspecified atom stereocenters. The fraction of sp³-hybridized carbons (Fsp3) is 0.467. The molecule has 1 saturated heterocycles. The predicted octanol–water partition coefficient (Wildman–Crippen LogP) is 3.44. The number of likely N-dealkylation sites (tertiary alicyclic amines) is 1. The second kappa shape index (κ2) is 6.24. The number of halogens is 2. The second-order valence-corrected chi connectivity index (χ2v) is 5.97. The third kappa shape index (κ3) is 2.87. The number of para-hydroxylation sites is 1. The molecule has 1 fully saturated rings. The summed E-state index contributed by atoms with van der Waals surface area (Å²) >= 11 is 12.2. The maximum Gasteiger partial charge on any atom is 0.242 e. The molecule has 2 heterocycles. The highest BCUT2D eigenvalue weighted by molar-refractivity contribution is 6.35. The summed E-state index contributed by atoms with van der Waals surface area (Å²) in [4.78, 5) is 18.9. The Bertz CT molecular complexity index is 662. The third-order valence-electron chi connectivity index (χ3n) is 3.92. The number of hydrogen-bond donors (Lipinski definition) is 0. The summed E-state index contributed by atoms with van der Waals surface area (Å²) in [5.41, 5.74) is 1.57. The fourth-order valence-corrected chi connectivity index (χ4v) is 3.32. The van der Waals surface area contributed by atoms with Gasteiger partial charge in [0.2, 0.25) is 5.91 Å². The van der Waals surface area contributed by atoms with E-state index in [1.807, 2.05) is 27.7 Å². The van der Waals surface area contributed by atoms with E-state index in [1.54, 1.807) is 0 Å². The third-order valence-corrected chi connectivity index (χ3v) is 4.46. The molecule has 1 amide bonds. The van der Waals surface area contributed by atoms with Crippen molar-refractivity contribution in [3.05, 3.63) is 29.0 Å². The molecule has 3 rings (SSSR count). The summed E-state index contributed by atoms with van der Waals surface area (Å²) in [6, 6.07) is 5.55. The molecule has 2 aromatic rings. The van der Waals surface area contributed by atoms with Gasteiger partial charge in [0.1, 0.15) is 12.4 Å². The smallest absolute Gasteiger partial charge is 0.242 e. The van der Waals surface area contributed by atoms with Crippen LogP contribution in [0.25, 0.3) is 11.0 Å². The lowest BCUT2D eigenvalue weighted by atomic mass is 10.1. The van der Waals surface area contributed by atoms with Gasteiger partial charge in [-0.1, -0.05) is 17.7 Å². The monoisotopic (exact) mass is 325 g/mol. The van der Waals surface area contributed by atoms with E-state index in [-0.39, 0.29) is 18.3 Å². The van der Waals surface area contributed by atoms with Crippen molar-refractivity contribution in [1.29, 1.82) is 0 Å². The number of amides is 1. The maximum absolute atomic E-state index is 12.5. The summed E-state index contributed by atoms with van der Waals surface area (Å²) in [7, 11) is 0. The average Bonchev–Trinajstić information content (AvgIpc) is 2.87. The minimum atomic E-state index is 0.111. The number of carbonyl (C=O) groups is 1. The van der Waals surface area contributed by atoms with E-state index in [4.69, 9.17) is 23.2 Å². The van der Waals surface area contributed by atoms with Crippen molar-refractivity contribution in [2.24, 2.45) is 0 Å². The number of alkyl halides is 1. The molecule has 21 heavy (non-hydrogen) atoms. The highest BCUT2D eigenvalue weighted by Gasteiger charge is 2.20. The van der Waals surface area contributed by atoms with Gasteiger partial charge in [0.25, 0.3) is 0 Å². The van der Waals surface area contributed by atoms with Gasteiger partial charge in [-0.05, 0) is 31.4 Å². The molecule has 1 aliphatic rings. The highest BCUT2D eigenvalue weighted by Crippen LogP contribution is 2.25. The Morgan fingerprint density at radius 2 is 2.00 bits per heavy atom. The van der Waals surface area contributed by atoms with Gasteiger partial charge in [0.15, 0.2) is 0 Å². The Balaban J connectivity index is 1.93. The van der Waals surface area contributed by atoms with Crippen molar-refractivity contribution < 1.29 is 4.79 Å². The van der Waals surface area contributed by atoms with Crippen LogP contribution in [0.4, 0.5) is 0 Å². The minimum absolute atomic E-state index is 0.111. The number of benzene rings is 1. The van der Waals surface area contributed by atoms with Crippen molar-refractivity contribution >= 4 is 40.1 Å². The molecule has 112 valence electrons. The maximum atomic E-state index is 12.5. The first-order valence-corrected chi connectivity index (χ1v) is 8.09. The Morgan fingerprint density at radius 1 is 1.24 bits per heavy atom. The first-order chi connectivity index (χ1) is 10.2. The Morgan fingerprint density at radius 3 is 2.71 bits per heavy atom. The number of carbonyl (C=O) groups excluding carboxylic acids is 1. The molecule has 0 bridgehead atoms. The number of hydrogen-bond acceptors (Lipinski definition) is 2. The molecule has 1 aliphatic heterocycles. The topological polar surface area (TPSA) is 38.1 Å². The van der Waals surface area contributed by atoms with Crippen molar-refractivity contribution in [2.45, 2.75) is 31.7 Å². The van der Waals surface area contributed by atoms with Crippen LogP contribution in [0, 0.1) is 0 Å². The molecule has 0 aliphatic carbocycles. The van der Waals surface area contributed by atoms with Gasteiger partial charge in [0.05, 0.1) is 21.9 Å². The number of fused-ring (bicyclic) bond motifs is 1. The zero-order valence-corrected chi connectivity index (χ0v) is 13.2. The lowest BCUT2D eigenvalue weighted by Crippen LogP contribution is -2.38. The summed E-state index contributed by atoms with van der Waals surface area (Å²) < 4.78 is 1.85. The molecule has 0 spiro atoms. The van der Waals surface area contributed by atoms with E-state index in [1.165, 1.54) is 6.42 Å². The van der Waals surface area contributed by atoms with Crippen LogP contribution in [0.3, 0.4) is 0 Å². The van der Waals surface area contributed by atoms with Crippen molar-refractivity contribution in [1.82, 2.24) is 14.5 Å². The molecule has 0 N–H and O–H groups in total. The zero-order valence-electron chi connectivity index (χ0n) is 11.7. The molecular weight excluding hydrogens is 309 g/mol. The van der Waals surface area contributed by atoms with Gasteiger partial charge >= 0.3 is 0 Å².